The van der Waals surface area contributed by atoms with Gasteiger partial charge in [0, 0.05) is 39.3 Å². The Balaban J connectivity index is 2.02. The molecule has 2 heterocycles. The van der Waals surface area contributed by atoms with Gasteiger partial charge in [-0.1, -0.05) is 0 Å². The van der Waals surface area contributed by atoms with E-state index in [1.807, 2.05) is 6.20 Å². The van der Waals surface area contributed by atoms with Crippen molar-refractivity contribution in [1.29, 1.82) is 0 Å². The largest absolute Gasteiger partial charge is 0.322 e. The summed E-state index contributed by atoms with van der Waals surface area (Å²) < 4.78 is 3.15. The standard InChI is InChI=1S/C10H17BrN4/c1-2-15-9(7-13-10(15)11)8-14-5-3-12-4-6-14/h7,12H,2-6,8H2,1H3. The molecule has 1 fully saturated rings. The average molecular weight is 273 g/mol. The normalized spacial score (nSPS) is 18.3. The second kappa shape index (κ2) is 5.09. The summed E-state index contributed by atoms with van der Waals surface area (Å²) in [6, 6.07) is 0. The monoisotopic (exact) mass is 272 g/mol. The van der Waals surface area contributed by atoms with E-state index >= 15 is 0 Å². The lowest BCUT2D eigenvalue weighted by atomic mass is 10.3. The van der Waals surface area contributed by atoms with Crippen molar-refractivity contribution < 1.29 is 0 Å². The minimum Gasteiger partial charge on any atom is -0.322 e. The Morgan fingerprint density at radius 2 is 2.20 bits per heavy atom. The van der Waals surface area contributed by atoms with E-state index in [-0.39, 0.29) is 0 Å². The first-order valence-electron chi connectivity index (χ1n) is 5.44. The molecule has 0 amide bonds. The van der Waals surface area contributed by atoms with E-state index in [9.17, 15) is 0 Å². The molecule has 1 N–H and O–H groups in total. The summed E-state index contributed by atoms with van der Waals surface area (Å²) in [5, 5.41) is 3.36. The lowest BCUT2D eigenvalue weighted by molar-refractivity contribution is 0.228. The highest BCUT2D eigenvalue weighted by molar-refractivity contribution is 9.10. The smallest absolute Gasteiger partial charge is 0.177 e. The first kappa shape index (κ1) is 11.1. The lowest BCUT2D eigenvalue weighted by Gasteiger charge is -2.27. The minimum atomic E-state index is 0.940. The highest BCUT2D eigenvalue weighted by atomic mass is 79.9. The van der Waals surface area contributed by atoms with Crippen LogP contribution in [0.4, 0.5) is 0 Å². The summed E-state index contributed by atoms with van der Waals surface area (Å²) in [7, 11) is 0. The van der Waals surface area contributed by atoms with E-state index in [1.165, 1.54) is 5.69 Å². The maximum absolute atomic E-state index is 4.29. The predicted octanol–water partition coefficient (Wildman–Crippen LogP) is 1.07. The van der Waals surface area contributed by atoms with Gasteiger partial charge in [-0.05, 0) is 22.9 Å². The number of aromatic nitrogens is 2. The van der Waals surface area contributed by atoms with Crippen LogP contribution in [0.1, 0.15) is 12.6 Å². The van der Waals surface area contributed by atoms with Crippen molar-refractivity contribution in [2.75, 3.05) is 26.2 Å². The highest BCUT2D eigenvalue weighted by Crippen LogP contribution is 2.13. The van der Waals surface area contributed by atoms with E-state index in [1.54, 1.807) is 0 Å². The number of halogens is 1. The summed E-state index contributed by atoms with van der Waals surface area (Å²) in [6.45, 7) is 8.59. The fourth-order valence-electron chi connectivity index (χ4n) is 1.94. The second-order valence-electron chi connectivity index (χ2n) is 3.79. The maximum Gasteiger partial charge on any atom is 0.177 e. The van der Waals surface area contributed by atoms with E-state index in [2.05, 4.69) is 42.6 Å². The molecule has 0 aromatic carbocycles. The Morgan fingerprint density at radius 1 is 1.47 bits per heavy atom. The molecule has 1 aromatic heterocycles. The molecule has 0 atom stereocenters. The minimum absolute atomic E-state index is 0.940. The van der Waals surface area contributed by atoms with Crippen LogP contribution in [-0.2, 0) is 13.1 Å². The van der Waals surface area contributed by atoms with Crippen LogP contribution >= 0.6 is 15.9 Å². The van der Waals surface area contributed by atoms with Gasteiger partial charge in [0.2, 0.25) is 0 Å². The fourth-order valence-corrected chi connectivity index (χ4v) is 2.52. The number of nitrogens with zero attached hydrogens (tertiary/aromatic N) is 3. The van der Waals surface area contributed by atoms with Crippen molar-refractivity contribution in [3.05, 3.63) is 16.6 Å². The molecule has 0 unspecified atom stereocenters. The van der Waals surface area contributed by atoms with Crippen LogP contribution in [0.15, 0.2) is 10.9 Å². The number of rotatable bonds is 3. The summed E-state index contributed by atoms with van der Waals surface area (Å²) in [4.78, 5) is 6.75. The highest BCUT2D eigenvalue weighted by Gasteiger charge is 2.13. The topological polar surface area (TPSA) is 33.1 Å². The number of hydrogen-bond donors (Lipinski definition) is 1. The number of hydrogen-bond acceptors (Lipinski definition) is 3. The maximum atomic E-state index is 4.29. The summed E-state index contributed by atoms with van der Waals surface area (Å²) in [5.41, 5.74) is 1.30. The fraction of sp³-hybridized carbons (Fsp3) is 0.700. The first-order valence-corrected chi connectivity index (χ1v) is 6.23. The summed E-state index contributed by atoms with van der Waals surface area (Å²) in [6.07, 6.45) is 1.97. The van der Waals surface area contributed by atoms with Crippen molar-refractivity contribution >= 4 is 15.9 Å². The number of piperazine rings is 1. The van der Waals surface area contributed by atoms with Crippen molar-refractivity contribution in [3.8, 4) is 0 Å². The first-order chi connectivity index (χ1) is 7.31. The van der Waals surface area contributed by atoms with Crippen molar-refractivity contribution in [2.24, 2.45) is 0 Å². The Bertz CT molecular complexity index is 317. The lowest BCUT2D eigenvalue weighted by Crippen LogP contribution is -2.43. The molecule has 0 aliphatic carbocycles. The molecule has 0 radical (unpaired) electrons. The predicted molar refractivity (Wildman–Crippen MR) is 63.7 cm³/mol. The second-order valence-corrected chi connectivity index (χ2v) is 4.50. The van der Waals surface area contributed by atoms with E-state index in [0.717, 1.165) is 44.0 Å². The van der Waals surface area contributed by atoms with E-state index in [0.29, 0.717) is 0 Å². The van der Waals surface area contributed by atoms with Crippen LogP contribution in [0, 0.1) is 0 Å². The van der Waals surface area contributed by atoms with E-state index < -0.39 is 0 Å². The van der Waals surface area contributed by atoms with Gasteiger partial charge in [0.1, 0.15) is 0 Å². The summed E-state index contributed by atoms with van der Waals surface area (Å²) >= 11 is 3.46. The Hall–Kier alpha value is -0.390. The molecular formula is C10H17BrN4. The Morgan fingerprint density at radius 3 is 2.87 bits per heavy atom. The van der Waals surface area contributed by atoms with Crippen LogP contribution in [-0.4, -0.2) is 40.6 Å². The van der Waals surface area contributed by atoms with Crippen LogP contribution in [0.5, 0.6) is 0 Å². The quantitative estimate of drug-likeness (QED) is 0.894. The third kappa shape index (κ3) is 2.59. The van der Waals surface area contributed by atoms with Crippen LogP contribution in [0.2, 0.25) is 0 Å². The Labute approximate surface area is 98.8 Å². The van der Waals surface area contributed by atoms with E-state index in [4.69, 9.17) is 0 Å². The third-order valence-electron chi connectivity index (χ3n) is 2.80. The van der Waals surface area contributed by atoms with Gasteiger partial charge in [-0.3, -0.25) is 4.90 Å². The molecule has 1 aliphatic rings. The molecule has 4 nitrogen and oxygen atoms in total. The van der Waals surface area contributed by atoms with Crippen molar-refractivity contribution in [2.45, 2.75) is 20.0 Å². The molecule has 1 aliphatic heterocycles. The SMILES string of the molecule is CCn1c(CN2CCNCC2)cnc1Br. The number of nitrogens with one attached hydrogen (secondary N) is 1. The third-order valence-corrected chi connectivity index (χ3v) is 3.43. The van der Waals surface area contributed by atoms with Gasteiger partial charge in [-0.15, -0.1) is 0 Å². The number of imidazole rings is 1. The molecule has 5 heteroatoms. The molecule has 15 heavy (non-hydrogen) atoms. The molecular weight excluding hydrogens is 256 g/mol. The summed E-state index contributed by atoms with van der Waals surface area (Å²) in [5.74, 6) is 0. The van der Waals surface area contributed by atoms with Gasteiger partial charge in [-0.2, -0.15) is 0 Å². The average Bonchev–Trinajstić information content (AvgIpc) is 2.61. The van der Waals surface area contributed by atoms with Gasteiger partial charge in [-0.25, -0.2) is 4.98 Å². The van der Waals surface area contributed by atoms with Gasteiger partial charge in [0.25, 0.3) is 0 Å². The van der Waals surface area contributed by atoms with Gasteiger partial charge < -0.3 is 9.88 Å². The molecule has 1 saturated heterocycles. The van der Waals surface area contributed by atoms with Crippen LogP contribution in [0.25, 0.3) is 0 Å². The van der Waals surface area contributed by atoms with Gasteiger partial charge >= 0.3 is 0 Å². The Kier molecular flexibility index (Phi) is 3.77. The molecule has 0 saturated carbocycles. The molecule has 0 bridgehead atoms. The zero-order valence-corrected chi connectivity index (χ0v) is 10.6. The molecule has 2 rings (SSSR count). The van der Waals surface area contributed by atoms with Crippen molar-refractivity contribution in [3.63, 3.8) is 0 Å². The molecule has 84 valence electrons. The molecule has 0 spiro atoms. The zero-order valence-electron chi connectivity index (χ0n) is 9.04. The van der Waals surface area contributed by atoms with Gasteiger partial charge in [0.05, 0.1) is 11.9 Å². The van der Waals surface area contributed by atoms with Gasteiger partial charge in [0.15, 0.2) is 4.73 Å². The molecule has 1 aromatic rings. The zero-order chi connectivity index (χ0) is 10.7. The van der Waals surface area contributed by atoms with Crippen LogP contribution in [0.3, 0.4) is 0 Å². The van der Waals surface area contributed by atoms with Crippen molar-refractivity contribution in [1.82, 2.24) is 19.8 Å². The van der Waals surface area contributed by atoms with Crippen LogP contribution < -0.4 is 5.32 Å².